The zero-order chi connectivity index (χ0) is 14.6. The first-order chi connectivity index (χ1) is 9.55. The van der Waals surface area contributed by atoms with Crippen LogP contribution in [0.5, 0.6) is 0 Å². The summed E-state index contributed by atoms with van der Waals surface area (Å²) in [6.45, 7) is -0.00784. The molecule has 1 aromatic heterocycles. The number of hydrogen-bond acceptors (Lipinski definition) is 5. The third-order valence-electron chi connectivity index (χ3n) is 3.13. The summed E-state index contributed by atoms with van der Waals surface area (Å²) >= 11 is 0. The fourth-order valence-electron chi connectivity index (χ4n) is 2.09. The molecule has 1 amide bonds. The fourth-order valence-corrected chi connectivity index (χ4v) is 3.47. The number of pyridine rings is 1. The van der Waals surface area contributed by atoms with Crippen LogP contribution < -0.4 is 5.32 Å². The third-order valence-corrected chi connectivity index (χ3v) is 4.89. The van der Waals surface area contributed by atoms with Crippen LogP contribution in [-0.2, 0) is 19.6 Å². The Morgan fingerprint density at radius 2 is 2.20 bits per heavy atom. The quantitative estimate of drug-likeness (QED) is 0.759. The molecule has 1 aliphatic rings. The van der Waals surface area contributed by atoms with Crippen LogP contribution in [0.15, 0.2) is 29.4 Å². The molecule has 1 aliphatic heterocycles. The van der Waals surface area contributed by atoms with Crippen molar-refractivity contribution in [1.82, 2.24) is 14.6 Å². The predicted octanol–water partition coefficient (Wildman–Crippen LogP) is -0.450. The molecule has 0 bridgehead atoms. The SMILES string of the molecule is O=CNC1CCCN(S(=O)(=O)c2ccccn2)CC1=O. The predicted molar refractivity (Wildman–Crippen MR) is 70.2 cm³/mol. The van der Waals surface area contributed by atoms with E-state index in [9.17, 15) is 18.0 Å². The average Bonchev–Trinajstić information content (AvgIpc) is 2.63. The van der Waals surface area contributed by atoms with Gasteiger partial charge in [0.15, 0.2) is 10.8 Å². The van der Waals surface area contributed by atoms with Gasteiger partial charge in [0.2, 0.25) is 6.41 Å². The summed E-state index contributed by atoms with van der Waals surface area (Å²) in [5, 5.41) is 2.34. The van der Waals surface area contributed by atoms with Crippen molar-refractivity contribution in [2.75, 3.05) is 13.1 Å². The summed E-state index contributed by atoms with van der Waals surface area (Å²) < 4.78 is 25.9. The highest BCUT2D eigenvalue weighted by molar-refractivity contribution is 7.89. The second-order valence-corrected chi connectivity index (χ2v) is 6.34. The molecule has 0 radical (unpaired) electrons. The lowest BCUT2D eigenvalue weighted by atomic mass is 10.1. The molecule has 8 heteroatoms. The second kappa shape index (κ2) is 6.10. The average molecular weight is 297 g/mol. The number of aromatic nitrogens is 1. The minimum Gasteiger partial charge on any atom is -0.349 e. The second-order valence-electron chi connectivity index (χ2n) is 4.45. The number of nitrogens with zero attached hydrogens (tertiary/aromatic N) is 2. The molecule has 0 aliphatic carbocycles. The monoisotopic (exact) mass is 297 g/mol. The van der Waals surface area contributed by atoms with Gasteiger partial charge in [-0.05, 0) is 25.0 Å². The van der Waals surface area contributed by atoms with Crippen molar-refractivity contribution in [3.63, 3.8) is 0 Å². The third kappa shape index (κ3) is 3.02. The molecule has 108 valence electrons. The van der Waals surface area contributed by atoms with E-state index in [0.717, 1.165) is 4.31 Å². The van der Waals surface area contributed by atoms with Crippen LogP contribution in [0, 0.1) is 0 Å². The highest BCUT2D eigenvalue weighted by Gasteiger charge is 2.32. The number of nitrogens with one attached hydrogen (secondary N) is 1. The van der Waals surface area contributed by atoms with E-state index in [1.54, 1.807) is 12.1 Å². The Morgan fingerprint density at radius 3 is 2.85 bits per heavy atom. The van der Waals surface area contributed by atoms with E-state index in [4.69, 9.17) is 0 Å². The van der Waals surface area contributed by atoms with E-state index in [0.29, 0.717) is 19.3 Å². The molecule has 0 saturated carbocycles. The van der Waals surface area contributed by atoms with E-state index in [1.165, 1.54) is 12.3 Å². The Morgan fingerprint density at radius 1 is 1.40 bits per heavy atom. The molecule has 2 heterocycles. The zero-order valence-electron chi connectivity index (χ0n) is 10.7. The number of hydrogen-bond donors (Lipinski definition) is 1. The maximum atomic E-state index is 12.4. The lowest BCUT2D eigenvalue weighted by Gasteiger charge is -2.18. The van der Waals surface area contributed by atoms with Gasteiger partial charge in [0, 0.05) is 12.7 Å². The van der Waals surface area contributed by atoms with Crippen LogP contribution in [0.2, 0.25) is 0 Å². The molecule has 1 atom stereocenters. The van der Waals surface area contributed by atoms with Crippen molar-refractivity contribution < 1.29 is 18.0 Å². The van der Waals surface area contributed by atoms with Gasteiger partial charge in [-0.25, -0.2) is 13.4 Å². The standard InChI is InChI=1S/C12H15N3O4S/c16-9-14-10-4-3-7-15(8-11(10)17)20(18,19)12-5-1-2-6-13-12/h1-2,5-6,9-10H,3-4,7-8H2,(H,14,16). The number of rotatable bonds is 4. The molecular weight excluding hydrogens is 282 g/mol. The number of sulfonamides is 1. The number of carbonyl (C=O) groups is 2. The van der Waals surface area contributed by atoms with Gasteiger partial charge in [0.1, 0.15) is 0 Å². The van der Waals surface area contributed by atoms with Crippen molar-refractivity contribution in [3.05, 3.63) is 24.4 Å². The van der Waals surface area contributed by atoms with Gasteiger partial charge in [-0.15, -0.1) is 0 Å². The molecule has 1 N–H and O–H groups in total. The van der Waals surface area contributed by atoms with Crippen LogP contribution in [0.4, 0.5) is 0 Å². The first-order valence-electron chi connectivity index (χ1n) is 6.19. The smallest absolute Gasteiger partial charge is 0.260 e. The Labute approximate surface area is 117 Å². The van der Waals surface area contributed by atoms with E-state index in [2.05, 4.69) is 10.3 Å². The summed E-state index contributed by atoms with van der Waals surface area (Å²) in [5.41, 5.74) is 0. The van der Waals surface area contributed by atoms with Gasteiger partial charge >= 0.3 is 0 Å². The van der Waals surface area contributed by atoms with Crippen LogP contribution in [-0.4, -0.2) is 49.0 Å². The molecule has 1 fully saturated rings. The highest BCUT2D eigenvalue weighted by Crippen LogP contribution is 2.17. The topological polar surface area (TPSA) is 96.4 Å². The molecule has 1 aromatic rings. The van der Waals surface area contributed by atoms with E-state index in [1.807, 2.05) is 0 Å². The zero-order valence-corrected chi connectivity index (χ0v) is 11.5. The van der Waals surface area contributed by atoms with Gasteiger partial charge in [-0.3, -0.25) is 9.59 Å². The minimum atomic E-state index is -3.77. The fraction of sp³-hybridized carbons (Fsp3) is 0.417. The molecule has 7 nitrogen and oxygen atoms in total. The first kappa shape index (κ1) is 14.6. The maximum absolute atomic E-state index is 12.4. The van der Waals surface area contributed by atoms with Crippen molar-refractivity contribution in [1.29, 1.82) is 0 Å². The molecule has 1 unspecified atom stereocenters. The number of carbonyl (C=O) groups excluding carboxylic acids is 2. The van der Waals surface area contributed by atoms with Crippen LogP contribution in [0.1, 0.15) is 12.8 Å². The van der Waals surface area contributed by atoms with Gasteiger partial charge in [0.25, 0.3) is 10.0 Å². The van der Waals surface area contributed by atoms with Gasteiger partial charge in [-0.1, -0.05) is 6.07 Å². The van der Waals surface area contributed by atoms with Gasteiger partial charge in [0.05, 0.1) is 12.6 Å². The van der Waals surface area contributed by atoms with Gasteiger partial charge in [-0.2, -0.15) is 4.31 Å². The Hall–Kier alpha value is -1.80. The minimum absolute atomic E-state index is 0.0744. The Bertz CT molecular complexity index is 588. The van der Waals surface area contributed by atoms with Crippen LogP contribution in [0.25, 0.3) is 0 Å². The van der Waals surface area contributed by atoms with Crippen molar-refractivity contribution >= 4 is 22.2 Å². The summed E-state index contributed by atoms with van der Waals surface area (Å²) in [7, 11) is -3.77. The molecule has 1 saturated heterocycles. The summed E-state index contributed by atoms with van der Waals surface area (Å²) in [6, 6.07) is 3.98. The normalized spacial score (nSPS) is 21.2. The first-order valence-corrected chi connectivity index (χ1v) is 7.63. The van der Waals surface area contributed by atoms with E-state index >= 15 is 0 Å². The number of Topliss-reactive ketones (excluding diaryl/α,β-unsaturated/α-hetero) is 1. The summed E-state index contributed by atoms with van der Waals surface area (Å²) in [4.78, 5) is 26.2. The van der Waals surface area contributed by atoms with E-state index in [-0.39, 0.29) is 23.9 Å². The lowest BCUT2D eigenvalue weighted by Crippen LogP contribution is -2.41. The molecule has 2 rings (SSSR count). The molecule has 0 aromatic carbocycles. The highest BCUT2D eigenvalue weighted by atomic mass is 32.2. The Kier molecular flexibility index (Phi) is 4.46. The Balaban J connectivity index is 2.21. The van der Waals surface area contributed by atoms with E-state index < -0.39 is 16.1 Å². The van der Waals surface area contributed by atoms with Crippen molar-refractivity contribution in [2.45, 2.75) is 23.9 Å². The number of ketones is 1. The largest absolute Gasteiger partial charge is 0.349 e. The van der Waals surface area contributed by atoms with Crippen molar-refractivity contribution in [2.24, 2.45) is 0 Å². The summed E-state index contributed by atoms with van der Waals surface area (Å²) in [5.74, 6) is -0.311. The van der Waals surface area contributed by atoms with Crippen LogP contribution in [0.3, 0.4) is 0 Å². The van der Waals surface area contributed by atoms with Gasteiger partial charge < -0.3 is 5.32 Å². The maximum Gasteiger partial charge on any atom is 0.260 e. The summed E-state index contributed by atoms with van der Waals surface area (Å²) in [6.07, 6.45) is 2.80. The van der Waals surface area contributed by atoms with Crippen LogP contribution >= 0.6 is 0 Å². The molecular formula is C12H15N3O4S. The number of amides is 1. The molecule has 0 spiro atoms. The van der Waals surface area contributed by atoms with Crippen molar-refractivity contribution in [3.8, 4) is 0 Å². The lowest BCUT2D eigenvalue weighted by molar-refractivity contribution is -0.123. The molecule has 20 heavy (non-hydrogen) atoms.